The summed E-state index contributed by atoms with van der Waals surface area (Å²) in [6.07, 6.45) is 1.13. The minimum atomic E-state index is -3.74. The molecule has 2 aliphatic rings. The Morgan fingerprint density at radius 1 is 1.38 bits per heavy atom. The first-order valence-electron chi connectivity index (χ1n) is 7.85. The fourth-order valence-corrected chi connectivity index (χ4v) is 4.10. The van der Waals surface area contributed by atoms with Gasteiger partial charge in [-0.2, -0.15) is 17.4 Å². The summed E-state index contributed by atoms with van der Waals surface area (Å²) < 4.78 is 39.0. The molecule has 0 radical (unpaired) electrons. The van der Waals surface area contributed by atoms with Crippen molar-refractivity contribution in [3.63, 3.8) is 0 Å². The molecule has 0 aliphatic carbocycles. The van der Waals surface area contributed by atoms with Crippen LogP contribution in [0.5, 0.6) is 11.5 Å². The molecule has 3 rings (SSSR count). The van der Waals surface area contributed by atoms with Crippen LogP contribution < -0.4 is 19.5 Å². The SMILES string of the molecule is CCCNC(=O)C1CC(c2ccc3c(c2)OCO3)NS(=O)(=O)N1C. The number of nitrogens with zero attached hydrogens (tertiary/aromatic N) is 1. The van der Waals surface area contributed by atoms with Gasteiger partial charge < -0.3 is 14.8 Å². The van der Waals surface area contributed by atoms with E-state index in [1.807, 2.05) is 6.92 Å². The summed E-state index contributed by atoms with van der Waals surface area (Å²) in [6.45, 7) is 2.61. The number of fused-ring (bicyclic) bond motifs is 1. The lowest BCUT2D eigenvalue weighted by atomic mass is 9.99. The Morgan fingerprint density at radius 2 is 2.12 bits per heavy atom. The van der Waals surface area contributed by atoms with Crippen LogP contribution in [-0.4, -0.2) is 45.1 Å². The van der Waals surface area contributed by atoms with Crippen LogP contribution in [-0.2, 0) is 15.0 Å². The van der Waals surface area contributed by atoms with Gasteiger partial charge in [-0.1, -0.05) is 13.0 Å². The van der Waals surface area contributed by atoms with E-state index in [0.29, 0.717) is 24.5 Å². The molecule has 0 bridgehead atoms. The Hall–Kier alpha value is -1.84. The largest absolute Gasteiger partial charge is 0.454 e. The number of nitrogens with one attached hydrogen (secondary N) is 2. The van der Waals surface area contributed by atoms with Crippen molar-refractivity contribution in [2.75, 3.05) is 20.4 Å². The van der Waals surface area contributed by atoms with Gasteiger partial charge in [0.1, 0.15) is 6.04 Å². The van der Waals surface area contributed by atoms with Crippen molar-refractivity contribution in [2.24, 2.45) is 0 Å². The van der Waals surface area contributed by atoms with Crippen LogP contribution in [0, 0.1) is 0 Å². The van der Waals surface area contributed by atoms with Gasteiger partial charge in [-0.15, -0.1) is 0 Å². The van der Waals surface area contributed by atoms with Crippen LogP contribution in [0.4, 0.5) is 0 Å². The molecule has 1 aromatic carbocycles. The second-order valence-corrected chi connectivity index (χ2v) is 7.61. The maximum absolute atomic E-state index is 12.4. The van der Waals surface area contributed by atoms with Gasteiger partial charge in [-0.3, -0.25) is 4.79 Å². The highest BCUT2D eigenvalue weighted by molar-refractivity contribution is 7.87. The third-order valence-electron chi connectivity index (χ3n) is 4.22. The van der Waals surface area contributed by atoms with E-state index in [9.17, 15) is 13.2 Å². The number of benzene rings is 1. The summed E-state index contributed by atoms with van der Waals surface area (Å²) in [5, 5.41) is 2.77. The fraction of sp³-hybridized carbons (Fsp3) is 0.533. The number of ether oxygens (including phenoxy) is 2. The van der Waals surface area contributed by atoms with E-state index in [1.54, 1.807) is 18.2 Å². The van der Waals surface area contributed by atoms with Crippen LogP contribution in [0.2, 0.25) is 0 Å². The third kappa shape index (κ3) is 3.19. The second kappa shape index (κ2) is 6.58. The number of hydrogen-bond donors (Lipinski definition) is 2. The van der Waals surface area contributed by atoms with Crippen LogP contribution in [0.25, 0.3) is 0 Å². The first-order valence-corrected chi connectivity index (χ1v) is 9.29. The maximum Gasteiger partial charge on any atom is 0.280 e. The minimum absolute atomic E-state index is 0.153. The monoisotopic (exact) mass is 355 g/mol. The Balaban J connectivity index is 1.85. The van der Waals surface area contributed by atoms with Gasteiger partial charge in [0.05, 0.1) is 6.04 Å². The van der Waals surface area contributed by atoms with Gasteiger partial charge in [-0.25, -0.2) is 0 Å². The van der Waals surface area contributed by atoms with Crippen LogP contribution >= 0.6 is 0 Å². The molecule has 2 heterocycles. The van der Waals surface area contributed by atoms with Crippen LogP contribution in [0.3, 0.4) is 0 Å². The average molecular weight is 355 g/mol. The maximum atomic E-state index is 12.4. The predicted octanol–water partition coefficient (Wildman–Crippen LogP) is 0.521. The zero-order valence-electron chi connectivity index (χ0n) is 13.6. The molecule has 2 atom stereocenters. The molecule has 132 valence electrons. The third-order valence-corrected chi connectivity index (χ3v) is 5.81. The number of rotatable bonds is 4. The lowest BCUT2D eigenvalue weighted by Gasteiger charge is -2.36. The van der Waals surface area contributed by atoms with Gasteiger partial charge in [0.25, 0.3) is 10.2 Å². The van der Waals surface area contributed by atoms with Crippen molar-refractivity contribution < 1.29 is 22.7 Å². The van der Waals surface area contributed by atoms with Crippen molar-refractivity contribution in [3.8, 4) is 11.5 Å². The van der Waals surface area contributed by atoms with Crippen LogP contribution in [0.1, 0.15) is 31.4 Å². The lowest BCUT2D eigenvalue weighted by molar-refractivity contribution is -0.125. The fourth-order valence-electron chi connectivity index (χ4n) is 2.82. The van der Waals surface area contributed by atoms with E-state index in [4.69, 9.17) is 9.47 Å². The Kier molecular flexibility index (Phi) is 4.66. The molecule has 1 saturated heterocycles. The number of amides is 1. The number of likely N-dealkylation sites (N-methyl/N-ethyl adjacent to an activating group) is 1. The van der Waals surface area contributed by atoms with E-state index in [-0.39, 0.29) is 12.7 Å². The second-order valence-electron chi connectivity index (χ2n) is 5.85. The van der Waals surface area contributed by atoms with Crippen molar-refractivity contribution in [2.45, 2.75) is 31.8 Å². The first-order chi connectivity index (χ1) is 11.4. The molecule has 0 aromatic heterocycles. The Morgan fingerprint density at radius 3 is 2.88 bits per heavy atom. The van der Waals surface area contributed by atoms with E-state index >= 15 is 0 Å². The Bertz CT molecular complexity index is 737. The summed E-state index contributed by atoms with van der Waals surface area (Å²) >= 11 is 0. The molecule has 0 spiro atoms. The summed E-state index contributed by atoms with van der Waals surface area (Å²) in [5.41, 5.74) is 0.740. The zero-order chi connectivity index (χ0) is 17.3. The number of carbonyl (C=O) groups is 1. The zero-order valence-corrected chi connectivity index (χ0v) is 14.4. The molecule has 9 heteroatoms. The van der Waals surface area contributed by atoms with Crippen LogP contribution in [0.15, 0.2) is 18.2 Å². The van der Waals surface area contributed by atoms with E-state index in [2.05, 4.69) is 10.0 Å². The molecule has 1 amide bonds. The normalized spacial score (nSPS) is 25.4. The average Bonchev–Trinajstić information content (AvgIpc) is 3.02. The summed E-state index contributed by atoms with van der Waals surface area (Å²) in [4.78, 5) is 12.3. The summed E-state index contributed by atoms with van der Waals surface area (Å²) in [6, 6.07) is 4.03. The van der Waals surface area contributed by atoms with Crippen molar-refractivity contribution in [1.29, 1.82) is 0 Å². The van der Waals surface area contributed by atoms with Crippen molar-refractivity contribution in [1.82, 2.24) is 14.3 Å². The number of hydrogen-bond acceptors (Lipinski definition) is 5. The van der Waals surface area contributed by atoms with Gasteiger partial charge in [0.2, 0.25) is 12.7 Å². The predicted molar refractivity (Wildman–Crippen MR) is 86.8 cm³/mol. The highest BCUT2D eigenvalue weighted by Crippen LogP contribution is 2.36. The molecule has 24 heavy (non-hydrogen) atoms. The molecule has 0 saturated carbocycles. The first kappa shape index (κ1) is 17.0. The van der Waals surface area contributed by atoms with Gasteiger partial charge >= 0.3 is 0 Å². The van der Waals surface area contributed by atoms with Crippen molar-refractivity contribution >= 4 is 16.1 Å². The molecule has 1 fully saturated rings. The highest BCUT2D eigenvalue weighted by atomic mass is 32.2. The van der Waals surface area contributed by atoms with E-state index < -0.39 is 22.3 Å². The summed E-state index contributed by atoms with van der Waals surface area (Å²) in [5.74, 6) is 0.930. The van der Waals surface area contributed by atoms with Gasteiger partial charge in [0.15, 0.2) is 11.5 Å². The topological polar surface area (TPSA) is 97.0 Å². The molecular formula is C15H21N3O5S. The van der Waals surface area contributed by atoms with Crippen molar-refractivity contribution in [3.05, 3.63) is 23.8 Å². The quantitative estimate of drug-likeness (QED) is 0.821. The minimum Gasteiger partial charge on any atom is -0.454 e. The lowest BCUT2D eigenvalue weighted by Crippen LogP contribution is -2.57. The van der Waals surface area contributed by atoms with Gasteiger partial charge in [0, 0.05) is 13.6 Å². The molecule has 2 unspecified atom stereocenters. The summed E-state index contributed by atoms with van der Waals surface area (Å²) in [7, 11) is -2.33. The van der Waals surface area contributed by atoms with E-state index in [0.717, 1.165) is 16.3 Å². The standard InChI is InChI=1S/C15H21N3O5S/c1-3-6-16-15(19)12-8-11(17-24(20,21)18(12)2)10-4-5-13-14(7-10)23-9-22-13/h4-5,7,11-12,17H,3,6,8-9H2,1-2H3,(H,16,19). The number of carbonyl (C=O) groups excluding carboxylic acids is 1. The van der Waals surface area contributed by atoms with Gasteiger partial charge in [-0.05, 0) is 30.5 Å². The molecule has 2 N–H and O–H groups in total. The Labute approximate surface area is 141 Å². The smallest absolute Gasteiger partial charge is 0.280 e. The molecule has 1 aromatic rings. The molecular weight excluding hydrogens is 334 g/mol. The molecule has 2 aliphatic heterocycles. The highest BCUT2D eigenvalue weighted by Gasteiger charge is 2.40. The molecule has 8 nitrogen and oxygen atoms in total. The van der Waals surface area contributed by atoms with E-state index in [1.165, 1.54) is 7.05 Å².